The Hall–Kier alpha value is -2.26. The van der Waals surface area contributed by atoms with E-state index in [-0.39, 0.29) is 42.2 Å². The van der Waals surface area contributed by atoms with Crippen LogP contribution in [0.15, 0.2) is 24.3 Å². The lowest BCUT2D eigenvalue weighted by molar-refractivity contribution is -0.154. The third-order valence-corrected chi connectivity index (χ3v) is 10.2. The average molecular weight is 518 g/mol. The number of amides is 2. The number of nitrogens with one attached hydrogen (secondary N) is 1. The zero-order valence-corrected chi connectivity index (χ0v) is 22.6. The molecule has 4 rings (SSSR count). The molecule has 2 bridgehead atoms. The summed E-state index contributed by atoms with van der Waals surface area (Å²) in [4.78, 5) is 44.6. The molecule has 2 amide bonds. The number of benzene rings is 1. The molecule has 8 nitrogen and oxygen atoms in total. The van der Waals surface area contributed by atoms with E-state index in [1.54, 1.807) is 23.6 Å². The van der Waals surface area contributed by atoms with Gasteiger partial charge < -0.3 is 25.0 Å². The highest BCUT2D eigenvalue weighted by molar-refractivity contribution is 8.02. The number of carbonyl (C=O) groups excluding carboxylic acids is 3. The monoisotopic (exact) mass is 517 g/mol. The molecule has 1 aromatic rings. The molecule has 3 saturated heterocycles. The molecule has 0 aromatic heterocycles. The Morgan fingerprint density at radius 3 is 2.50 bits per heavy atom. The Balaban J connectivity index is 1.64. The molecule has 3 aliphatic rings. The van der Waals surface area contributed by atoms with Gasteiger partial charge in [-0.05, 0) is 70.2 Å². The van der Waals surface area contributed by atoms with Crippen molar-refractivity contribution in [2.45, 2.75) is 63.0 Å². The molecular weight excluding hydrogens is 478 g/mol. The molecular formula is C27H39N3O5S. The Bertz CT molecular complexity index is 969. The number of fused-ring (bicyclic) bond motifs is 1. The minimum atomic E-state index is -0.680. The maximum Gasteiger partial charge on any atom is 0.310 e. The van der Waals surface area contributed by atoms with E-state index in [0.29, 0.717) is 25.1 Å². The van der Waals surface area contributed by atoms with Crippen molar-refractivity contribution in [1.29, 1.82) is 0 Å². The lowest BCUT2D eigenvalue weighted by Crippen LogP contribution is -2.54. The minimum absolute atomic E-state index is 0.0174. The van der Waals surface area contributed by atoms with Crippen LogP contribution < -0.4 is 10.2 Å². The van der Waals surface area contributed by atoms with Crippen molar-refractivity contribution in [1.82, 2.24) is 4.90 Å². The van der Waals surface area contributed by atoms with Gasteiger partial charge in [-0.15, -0.1) is 11.8 Å². The summed E-state index contributed by atoms with van der Waals surface area (Å²) in [6.07, 6.45) is 1.93. The summed E-state index contributed by atoms with van der Waals surface area (Å²) in [7, 11) is 0. The fourth-order valence-electron chi connectivity index (χ4n) is 6.52. The molecule has 1 spiro atoms. The van der Waals surface area contributed by atoms with Gasteiger partial charge in [-0.3, -0.25) is 14.4 Å². The average Bonchev–Trinajstić information content (AvgIpc) is 3.45. The van der Waals surface area contributed by atoms with Crippen LogP contribution in [-0.2, 0) is 19.1 Å². The third-order valence-electron chi connectivity index (χ3n) is 8.12. The van der Waals surface area contributed by atoms with Gasteiger partial charge in [-0.25, -0.2) is 0 Å². The van der Waals surface area contributed by atoms with Crippen molar-refractivity contribution in [3.05, 3.63) is 24.3 Å². The molecule has 0 radical (unpaired) electrons. The van der Waals surface area contributed by atoms with E-state index in [4.69, 9.17) is 4.74 Å². The summed E-state index contributed by atoms with van der Waals surface area (Å²) in [6, 6.07) is 7.12. The van der Waals surface area contributed by atoms with Crippen LogP contribution in [0.4, 0.5) is 11.4 Å². The number of anilines is 2. The van der Waals surface area contributed by atoms with Crippen molar-refractivity contribution in [3.63, 3.8) is 0 Å². The predicted octanol–water partition coefficient (Wildman–Crippen LogP) is 3.14. The number of aliphatic hydroxyl groups excluding tert-OH is 1. The SMILES string of the molecule is CCOC(=O)[C@@H]1[C@@H]2CC(C)C3(S2)C(C(=O)Nc2ccc(N(CC)CC)cc2)N(CCCCO)C(=O)[C@H]13. The summed E-state index contributed by atoms with van der Waals surface area (Å²) >= 11 is 1.65. The van der Waals surface area contributed by atoms with E-state index in [9.17, 15) is 19.5 Å². The second-order valence-electron chi connectivity index (χ2n) is 9.98. The summed E-state index contributed by atoms with van der Waals surface area (Å²) in [5.41, 5.74) is 1.78. The number of hydrogen-bond donors (Lipinski definition) is 2. The van der Waals surface area contributed by atoms with E-state index in [2.05, 4.69) is 31.0 Å². The first-order valence-corrected chi connectivity index (χ1v) is 14.1. The fraction of sp³-hybridized carbons (Fsp3) is 0.667. The summed E-state index contributed by atoms with van der Waals surface area (Å²) in [5.74, 6) is -1.66. The number of carbonyl (C=O) groups is 3. The van der Waals surface area contributed by atoms with Gasteiger partial charge in [0.1, 0.15) is 6.04 Å². The van der Waals surface area contributed by atoms with Crippen molar-refractivity contribution in [2.75, 3.05) is 43.1 Å². The van der Waals surface area contributed by atoms with Gasteiger partial charge in [0.2, 0.25) is 11.8 Å². The Kier molecular flexibility index (Phi) is 8.19. The van der Waals surface area contributed by atoms with Crippen LogP contribution >= 0.6 is 11.8 Å². The molecule has 198 valence electrons. The topological polar surface area (TPSA) is 99.2 Å². The lowest BCUT2D eigenvalue weighted by Gasteiger charge is -2.38. The van der Waals surface area contributed by atoms with Crippen molar-refractivity contribution < 1.29 is 24.2 Å². The molecule has 0 aliphatic carbocycles. The Labute approximate surface area is 218 Å². The van der Waals surface area contributed by atoms with Crippen molar-refractivity contribution in [2.24, 2.45) is 17.8 Å². The number of unbranched alkanes of at least 4 members (excludes halogenated alkanes) is 1. The van der Waals surface area contributed by atoms with Crippen LogP contribution in [-0.4, -0.2) is 76.7 Å². The minimum Gasteiger partial charge on any atom is -0.466 e. The smallest absolute Gasteiger partial charge is 0.310 e. The number of hydrogen-bond acceptors (Lipinski definition) is 7. The largest absolute Gasteiger partial charge is 0.466 e. The number of esters is 1. The molecule has 1 aromatic carbocycles. The number of ether oxygens (including phenoxy) is 1. The first kappa shape index (κ1) is 26.8. The zero-order valence-electron chi connectivity index (χ0n) is 21.7. The maximum absolute atomic E-state index is 13.9. The van der Waals surface area contributed by atoms with E-state index >= 15 is 0 Å². The second kappa shape index (κ2) is 11.0. The highest BCUT2D eigenvalue weighted by Gasteiger charge is 2.76. The summed E-state index contributed by atoms with van der Waals surface area (Å²) < 4.78 is 4.72. The van der Waals surface area contributed by atoms with Crippen LogP contribution in [0.25, 0.3) is 0 Å². The van der Waals surface area contributed by atoms with Gasteiger partial charge in [-0.1, -0.05) is 6.92 Å². The first-order chi connectivity index (χ1) is 17.3. The molecule has 0 saturated carbocycles. The van der Waals surface area contributed by atoms with Gasteiger partial charge in [-0.2, -0.15) is 0 Å². The number of likely N-dealkylation sites (tertiary alicyclic amines) is 1. The van der Waals surface area contributed by atoms with Gasteiger partial charge in [0.05, 0.1) is 23.2 Å². The first-order valence-electron chi connectivity index (χ1n) is 13.3. The van der Waals surface area contributed by atoms with Crippen molar-refractivity contribution >= 4 is 40.9 Å². The molecule has 3 fully saturated rings. The lowest BCUT2D eigenvalue weighted by atomic mass is 9.66. The third kappa shape index (κ3) is 4.38. The van der Waals surface area contributed by atoms with E-state index in [1.165, 1.54) is 0 Å². The second-order valence-corrected chi connectivity index (χ2v) is 11.5. The number of aliphatic hydroxyl groups is 1. The molecule has 3 heterocycles. The Morgan fingerprint density at radius 2 is 1.89 bits per heavy atom. The number of nitrogens with zero attached hydrogens (tertiary/aromatic N) is 2. The summed E-state index contributed by atoms with van der Waals surface area (Å²) in [5, 5.41) is 12.4. The van der Waals surface area contributed by atoms with Crippen LogP contribution in [0.3, 0.4) is 0 Å². The van der Waals surface area contributed by atoms with E-state index < -0.39 is 22.6 Å². The molecule has 2 N–H and O–H groups in total. The summed E-state index contributed by atoms with van der Waals surface area (Å²) in [6.45, 7) is 10.6. The van der Waals surface area contributed by atoms with Crippen LogP contribution in [0, 0.1) is 17.8 Å². The predicted molar refractivity (Wildman–Crippen MR) is 142 cm³/mol. The quantitative estimate of drug-likeness (QED) is 0.344. The number of rotatable bonds is 11. The molecule has 6 atom stereocenters. The van der Waals surface area contributed by atoms with Gasteiger partial charge in [0.15, 0.2) is 0 Å². The fourth-order valence-corrected chi connectivity index (χ4v) is 8.93. The van der Waals surface area contributed by atoms with Crippen LogP contribution in [0.1, 0.15) is 47.0 Å². The van der Waals surface area contributed by atoms with Crippen LogP contribution in [0.5, 0.6) is 0 Å². The number of thioether (sulfide) groups is 1. The van der Waals surface area contributed by atoms with E-state index in [0.717, 1.165) is 25.2 Å². The molecule has 3 unspecified atom stereocenters. The van der Waals surface area contributed by atoms with E-state index in [1.807, 2.05) is 24.3 Å². The highest BCUT2D eigenvalue weighted by Crippen LogP contribution is 2.68. The highest BCUT2D eigenvalue weighted by atomic mass is 32.2. The van der Waals surface area contributed by atoms with Gasteiger partial charge >= 0.3 is 5.97 Å². The van der Waals surface area contributed by atoms with Crippen LogP contribution in [0.2, 0.25) is 0 Å². The standard InChI is InChI=1S/C27H39N3O5S/c1-5-29(6-2)19-12-10-18(11-13-19)28-24(32)23-27-17(4)16-20(36-27)21(26(34)35-7-3)22(27)25(33)30(23)14-8-9-15-31/h10-13,17,20-23,31H,5-9,14-16H2,1-4H3,(H,28,32)/t17?,20-,21+,22-,23?,27?/m0/s1. The van der Waals surface area contributed by atoms with Gasteiger partial charge in [0, 0.05) is 42.9 Å². The molecule has 3 aliphatic heterocycles. The molecule has 36 heavy (non-hydrogen) atoms. The molecule has 9 heteroatoms. The maximum atomic E-state index is 13.9. The van der Waals surface area contributed by atoms with Crippen molar-refractivity contribution in [3.8, 4) is 0 Å². The Morgan fingerprint density at radius 1 is 1.19 bits per heavy atom. The van der Waals surface area contributed by atoms with Gasteiger partial charge in [0.25, 0.3) is 0 Å². The normalized spacial score (nSPS) is 30.4. The zero-order chi connectivity index (χ0) is 26.0.